The van der Waals surface area contributed by atoms with Crippen LogP contribution in [0.2, 0.25) is 0 Å². The molecule has 1 saturated heterocycles. The van der Waals surface area contributed by atoms with Crippen LogP contribution in [0.3, 0.4) is 0 Å². The molecule has 440 valence electrons. The van der Waals surface area contributed by atoms with Gasteiger partial charge in [0, 0.05) is 13.0 Å². The molecular weight excluding hydrogens is 1010 g/mol. The van der Waals surface area contributed by atoms with Gasteiger partial charge in [0.2, 0.25) is 65.0 Å². The summed E-state index contributed by atoms with van der Waals surface area (Å²) in [5.41, 5.74) is 28.9. The average molecular weight is 1100 g/mol. The molecular formula is C48H90N16O13. The topological polar surface area (TPSA) is 491 Å². The highest BCUT2D eigenvalue weighted by Crippen LogP contribution is 2.10. The molecule has 77 heavy (non-hydrogen) atoms. The fraction of sp³-hybridized carbons (Fsp3) is 0.771. The number of amides is 11. The molecule has 11 amide bonds. The predicted octanol–water partition coefficient (Wildman–Crippen LogP) is -7.10. The van der Waals surface area contributed by atoms with Crippen LogP contribution in [0.15, 0.2) is 0 Å². The summed E-state index contributed by atoms with van der Waals surface area (Å²) in [7, 11) is 0. The van der Waals surface area contributed by atoms with Gasteiger partial charge in [-0.1, -0.05) is 46.5 Å². The maximum atomic E-state index is 14.2. The Morgan fingerprint density at radius 1 is 0.571 bits per heavy atom. The van der Waals surface area contributed by atoms with E-state index < -0.39 is 151 Å². The fourth-order valence-corrected chi connectivity index (χ4v) is 7.96. The van der Waals surface area contributed by atoms with Gasteiger partial charge in [-0.15, -0.1) is 0 Å². The Morgan fingerprint density at radius 2 is 1.09 bits per heavy atom. The molecule has 1 rings (SSSR count). The molecule has 29 heteroatoms. The monoisotopic (exact) mass is 1100 g/mol. The summed E-state index contributed by atoms with van der Waals surface area (Å²) in [6.45, 7) is 6.21. The number of unbranched alkanes of at least 4 members (excludes halogenated alkanes) is 4. The number of nitrogens with one attached hydrogen (secondary N) is 11. The van der Waals surface area contributed by atoms with Gasteiger partial charge in [0.05, 0.1) is 18.8 Å². The van der Waals surface area contributed by atoms with Crippen LogP contribution in [0, 0.1) is 5.92 Å². The zero-order valence-corrected chi connectivity index (χ0v) is 45.3. The van der Waals surface area contributed by atoms with E-state index in [-0.39, 0.29) is 83.6 Å². The summed E-state index contributed by atoms with van der Waals surface area (Å²) < 4.78 is 0. The van der Waals surface area contributed by atoms with Crippen molar-refractivity contribution in [2.75, 3.05) is 45.8 Å². The first-order valence-electron chi connectivity index (χ1n) is 26.6. The van der Waals surface area contributed by atoms with Crippen LogP contribution < -0.4 is 87.2 Å². The molecule has 1 fully saturated rings. The second kappa shape index (κ2) is 37.6. The van der Waals surface area contributed by atoms with Crippen LogP contribution in [-0.4, -0.2) is 188 Å². The summed E-state index contributed by atoms with van der Waals surface area (Å²) in [6, 6.07) is -13.1. The number of carbonyl (C=O) groups is 11. The third kappa shape index (κ3) is 26.2. The smallest absolute Gasteiger partial charge is 0.245 e. The maximum absolute atomic E-state index is 14.2. The SMILES string of the molecule is CCCCCCCC(=O)N[C@@H](CCN)C(=O)N[C@H](C(=O)N[C@@H](CCN)C(=O)N[C@H]1CCNC(=O)[C@H]([C@@H](C)O)NC(=O)[C@H](CCN)NC(=O)[C@H](CCN)NC(=O)[C@H](CC(C)C)NC(=O)CNC(=O)[C@H](CCN)NC1=O)[C@@H](C)O. The van der Waals surface area contributed by atoms with Crippen LogP contribution in [-0.2, 0) is 52.7 Å². The highest BCUT2D eigenvalue weighted by Gasteiger charge is 2.36. The molecule has 1 aliphatic rings. The summed E-state index contributed by atoms with van der Waals surface area (Å²) in [5.74, 6) is -9.84. The summed E-state index contributed by atoms with van der Waals surface area (Å²) in [4.78, 5) is 150. The molecule has 0 aromatic rings. The molecule has 0 aliphatic carbocycles. The van der Waals surface area contributed by atoms with E-state index in [0.717, 1.165) is 25.7 Å². The van der Waals surface area contributed by atoms with Crippen molar-refractivity contribution in [1.82, 2.24) is 58.5 Å². The van der Waals surface area contributed by atoms with Gasteiger partial charge in [0.25, 0.3) is 0 Å². The Kier molecular flexibility index (Phi) is 33.7. The normalized spacial score (nSPS) is 22.7. The van der Waals surface area contributed by atoms with E-state index in [4.69, 9.17) is 28.7 Å². The van der Waals surface area contributed by atoms with Gasteiger partial charge in [-0.3, -0.25) is 52.7 Å². The van der Waals surface area contributed by atoms with Gasteiger partial charge < -0.3 is 97.4 Å². The number of hydrogen-bond acceptors (Lipinski definition) is 18. The first-order chi connectivity index (χ1) is 36.5. The molecule has 0 spiro atoms. The van der Waals surface area contributed by atoms with Gasteiger partial charge in [-0.25, -0.2) is 0 Å². The van der Waals surface area contributed by atoms with Crippen molar-refractivity contribution in [1.29, 1.82) is 0 Å². The third-order valence-electron chi connectivity index (χ3n) is 12.2. The molecule has 0 bridgehead atoms. The van der Waals surface area contributed by atoms with Gasteiger partial charge >= 0.3 is 0 Å². The largest absolute Gasteiger partial charge is 0.391 e. The Balaban J connectivity index is 3.65. The van der Waals surface area contributed by atoms with Gasteiger partial charge in [-0.05, 0) is 104 Å². The average Bonchev–Trinajstić information content (AvgIpc) is 3.36. The lowest BCUT2D eigenvalue weighted by Gasteiger charge is -2.28. The molecule has 11 atom stereocenters. The van der Waals surface area contributed by atoms with Crippen molar-refractivity contribution < 1.29 is 63.0 Å². The summed E-state index contributed by atoms with van der Waals surface area (Å²) in [5, 5.41) is 48.6. The Labute approximate surface area is 450 Å². The number of aliphatic hydroxyl groups excluding tert-OH is 2. The van der Waals surface area contributed by atoms with E-state index in [1.54, 1.807) is 13.8 Å². The lowest BCUT2D eigenvalue weighted by molar-refractivity contribution is -0.136. The minimum atomic E-state index is -1.68. The molecule has 0 unspecified atom stereocenters. The number of hydrogen-bond donors (Lipinski definition) is 18. The molecule has 0 radical (unpaired) electrons. The van der Waals surface area contributed by atoms with E-state index in [1.807, 2.05) is 0 Å². The Bertz CT molecular complexity index is 1930. The van der Waals surface area contributed by atoms with Crippen LogP contribution in [0.5, 0.6) is 0 Å². The molecule has 0 aromatic heterocycles. The number of carbonyl (C=O) groups excluding carboxylic acids is 11. The molecule has 23 N–H and O–H groups in total. The second-order valence-corrected chi connectivity index (χ2v) is 19.5. The molecule has 1 heterocycles. The zero-order chi connectivity index (χ0) is 58.2. The minimum absolute atomic E-state index is 0.00865. The van der Waals surface area contributed by atoms with E-state index >= 15 is 0 Å². The van der Waals surface area contributed by atoms with Crippen LogP contribution in [0.1, 0.15) is 118 Å². The summed E-state index contributed by atoms with van der Waals surface area (Å²) in [6.07, 6.45) is 0.322. The molecule has 0 aromatic carbocycles. The van der Waals surface area contributed by atoms with Crippen molar-refractivity contribution in [3.8, 4) is 0 Å². The predicted molar refractivity (Wildman–Crippen MR) is 283 cm³/mol. The lowest BCUT2D eigenvalue weighted by atomic mass is 10.0. The minimum Gasteiger partial charge on any atom is -0.391 e. The van der Waals surface area contributed by atoms with Gasteiger partial charge in [0.1, 0.15) is 54.4 Å². The number of aliphatic hydroxyl groups is 2. The van der Waals surface area contributed by atoms with Crippen molar-refractivity contribution in [2.24, 2.45) is 34.6 Å². The van der Waals surface area contributed by atoms with E-state index in [9.17, 15) is 63.0 Å². The van der Waals surface area contributed by atoms with E-state index in [2.05, 4.69) is 65.4 Å². The zero-order valence-electron chi connectivity index (χ0n) is 45.3. The first-order valence-corrected chi connectivity index (χ1v) is 26.6. The maximum Gasteiger partial charge on any atom is 0.245 e. The second-order valence-electron chi connectivity index (χ2n) is 19.5. The van der Waals surface area contributed by atoms with Crippen molar-refractivity contribution >= 4 is 65.0 Å². The Hall–Kier alpha value is -6.11. The van der Waals surface area contributed by atoms with Crippen LogP contribution in [0.25, 0.3) is 0 Å². The number of rotatable bonds is 27. The van der Waals surface area contributed by atoms with Crippen molar-refractivity contribution in [2.45, 2.75) is 185 Å². The van der Waals surface area contributed by atoms with Gasteiger partial charge in [0.15, 0.2) is 0 Å². The molecule has 1 aliphatic heterocycles. The number of nitrogens with two attached hydrogens (primary N) is 5. The van der Waals surface area contributed by atoms with Crippen LogP contribution in [0.4, 0.5) is 0 Å². The highest BCUT2D eigenvalue weighted by atomic mass is 16.3. The summed E-state index contributed by atoms with van der Waals surface area (Å²) >= 11 is 0. The van der Waals surface area contributed by atoms with Crippen molar-refractivity contribution in [3.63, 3.8) is 0 Å². The molecule has 29 nitrogen and oxygen atoms in total. The van der Waals surface area contributed by atoms with Crippen molar-refractivity contribution in [3.05, 3.63) is 0 Å². The van der Waals surface area contributed by atoms with Crippen LogP contribution >= 0.6 is 0 Å². The fourth-order valence-electron chi connectivity index (χ4n) is 7.96. The Morgan fingerprint density at radius 3 is 1.61 bits per heavy atom. The standard InChI is InChI=1S/C48H90N16O13/c1-6-7-8-9-10-11-36(67)56-30(13-19-50)44(73)64-39(28(5)66)48(77)62-32(15-21-52)42(71)61-34-17-23-54-47(76)38(27(4)65)63-45(74)33(16-22-53)59-41(70)31(14-20-51)60-46(75)35(24-26(2)3)57-37(68)25-55-40(69)29(12-18-49)58-43(34)72/h26-35,38-39,65-66H,6-25,49-53H2,1-5H3,(H,54,76)(H,55,69)(H,56,67)(H,57,68)(H,58,72)(H,59,70)(H,60,75)(H,61,71)(H,62,77)(H,63,74)(H,64,73)/t27-,28-,29+,30+,31+,32+,33+,34+,35+,38+,39+/m1/s1. The first kappa shape index (κ1) is 68.9. The highest BCUT2D eigenvalue weighted by molar-refractivity contribution is 5.98. The molecule has 0 saturated carbocycles. The quantitative estimate of drug-likeness (QED) is 0.0340. The third-order valence-corrected chi connectivity index (χ3v) is 12.2. The lowest BCUT2D eigenvalue weighted by Crippen LogP contribution is -2.61. The van der Waals surface area contributed by atoms with E-state index in [1.165, 1.54) is 13.8 Å². The van der Waals surface area contributed by atoms with E-state index in [0.29, 0.717) is 6.42 Å². The van der Waals surface area contributed by atoms with Gasteiger partial charge in [-0.2, -0.15) is 0 Å².